The molecule has 0 amide bonds. The molecular weight excluding hydrogens is 285 g/mol. The van der Waals surface area contributed by atoms with Gasteiger partial charge in [-0.1, -0.05) is 48.1 Å². The molecule has 0 unspecified atom stereocenters. The van der Waals surface area contributed by atoms with E-state index >= 15 is 0 Å². The summed E-state index contributed by atoms with van der Waals surface area (Å²) in [5, 5.41) is 0.489. The van der Waals surface area contributed by atoms with E-state index in [1.807, 2.05) is 0 Å². The van der Waals surface area contributed by atoms with E-state index in [0.717, 1.165) is 0 Å². The Morgan fingerprint density at radius 1 is 1.26 bits per heavy atom. The Bertz CT molecular complexity index is 618. The summed E-state index contributed by atoms with van der Waals surface area (Å²) in [6, 6.07) is 11.6. The molecule has 0 atom stereocenters. The molecule has 19 heavy (non-hydrogen) atoms. The molecule has 0 spiro atoms. The molecule has 0 heterocycles. The molecule has 0 fully saturated rings. The zero-order chi connectivity index (χ0) is 13.8. The van der Waals surface area contributed by atoms with Gasteiger partial charge in [0.1, 0.15) is 23.2 Å². The van der Waals surface area contributed by atoms with Gasteiger partial charge in [0.2, 0.25) is 0 Å². The van der Waals surface area contributed by atoms with Gasteiger partial charge in [-0.3, -0.25) is 0 Å². The Hall–Kier alpha value is -1.65. The molecule has 0 aromatic heterocycles. The van der Waals surface area contributed by atoms with Crippen molar-refractivity contribution in [2.45, 2.75) is 6.61 Å². The first-order chi connectivity index (χ1) is 9.08. The van der Waals surface area contributed by atoms with Crippen LogP contribution in [0, 0.1) is 5.82 Å². The van der Waals surface area contributed by atoms with Crippen LogP contribution in [0.4, 0.5) is 4.39 Å². The maximum atomic E-state index is 13.8. The van der Waals surface area contributed by atoms with Crippen molar-refractivity contribution in [1.82, 2.24) is 0 Å². The fraction of sp³-hybridized carbons (Fsp3) is 0.0714. The van der Waals surface area contributed by atoms with Crippen LogP contribution in [-0.2, 0) is 6.61 Å². The van der Waals surface area contributed by atoms with Crippen molar-refractivity contribution in [2.75, 3.05) is 0 Å². The summed E-state index contributed by atoms with van der Waals surface area (Å²) in [6.07, 6.45) is 0. The van der Waals surface area contributed by atoms with E-state index in [1.165, 1.54) is 6.07 Å². The summed E-state index contributed by atoms with van der Waals surface area (Å²) in [7, 11) is 0. The average Bonchev–Trinajstić information content (AvgIpc) is 2.39. The molecule has 0 bridgehead atoms. The number of hydrogen-bond donors (Lipinski definition) is 1. The number of hydrogen-bond acceptors (Lipinski definition) is 2. The molecule has 5 heteroatoms. The Kier molecular flexibility index (Phi) is 4.35. The van der Waals surface area contributed by atoms with Crippen LogP contribution < -0.4 is 10.5 Å². The lowest BCUT2D eigenvalue weighted by Crippen LogP contribution is -2.10. The zero-order valence-electron chi connectivity index (χ0n) is 9.90. The van der Waals surface area contributed by atoms with E-state index in [2.05, 4.69) is 0 Å². The lowest BCUT2D eigenvalue weighted by atomic mass is 10.1. The van der Waals surface area contributed by atoms with E-state index in [0.29, 0.717) is 21.9 Å². The molecular formula is C14H11ClFNOS. The highest BCUT2D eigenvalue weighted by molar-refractivity contribution is 7.80. The van der Waals surface area contributed by atoms with Gasteiger partial charge in [-0.2, -0.15) is 0 Å². The van der Waals surface area contributed by atoms with Crippen LogP contribution in [0.1, 0.15) is 11.1 Å². The fourth-order valence-electron chi connectivity index (χ4n) is 1.53. The maximum Gasteiger partial charge on any atom is 0.138 e. The fourth-order valence-corrected chi connectivity index (χ4v) is 1.85. The zero-order valence-corrected chi connectivity index (χ0v) is 11.5. The summed E-state index contributed by atoms with van der Waals surface area (Å²) in [5.74, 6) is 0.111. The van der Waals surface area contributed by atoms with E-state index in [9.17, 15) is 4.39 Å². The lowest BCUT2D eigenvalue weighted by molar-refractivity contribution is 0.300. The second kappa shape index (κ2) is 5.99. The minimum absolute atomic E-state index is 0.0905. The van der Waals surface area contributed by atoms with Crippen molar-refractivity contribution >= 4 is 28.8 Å². The van der Waals surface area contributed by atoms with Gasteiger partial charge in [-0.25, -0.2) is 4.39 Å². The van der Waals surface area contributed by atoms with Gasteiger partial charge in [0.05, 0.1) is 5.02 Å². The molecule has 98 valence electrons. The quantitative estimate of drug-likeness (QED) is 0.874. The van der Waals surface area contributed by atoms with E-state index in [1.54, 1.807) is 36.4 Å². The predicted molar refractivity (Wildman–Crippen MR) is 78.1 cm³/mol. The van der Waals surface area contributed by atoms with Crippen LogP contribution in [0.5, 0.6) is 5.75 Å². The predicted octanol–water partition coefficient (Wildman–Crippen LogP) is 3.69. The van der Waals surface area contributed by atoms with Crippen LogP contribution in [0.3, 0.4) is 0 Å². The van der Waals surface area contributed by atoms with Crippen LogP contribution >= 0.6 is 23.8 Å². The molecule has 0 aliphatic carbocycles. The Morgan fingerprint density at radius 3 is 2.63 bits per heavy atom. The molecule has 0 radical (unpaired) electrons. The molecule has 0 aliphatic rings. The Morgan fingerprint density at radius 2 is 2.00 bits per heavy atom. The number of thiocarbonyl (C=S) groups is 1. The van der Waals surface area contributed by atoms with Crippen LogP contribution in [0.15, 0.2) is 42.5 Å². The molecule has 2 aromatic carbocycles. The van der Waals surface area contributed by atoms with E-state index in [-0.39, 0.29) is 11.6 Å². The van der Waals surface area contributed by atoms with Gasteiger partial charge < -0.3 is 10.5 Å². The van der Waals surface area contributed by atoms with Gasteiger partial charge >= 0.3 is 0 Å². The number of rotatable bonds is 4. The maximum absolute atomic E-state index is 13.8. The topological polar surface area (TPSA) is 35.2 Å². The van der Waals surface area contributed by atoms with Crippen LogP contribution in [0.2, 0.25) is 5.02 Å². The number of ether oxygens (including phenoxy) is 1. The number of nitrogens with two attached hydrogens (primary N) is 1. The number of para-hydroxylation sites is 1. The van der Waals surface area contributed by atoms with Crippen molar-refractivity contribution < 1.29 is 9.13 Å². The molecule has 2 nitrogen and oxygen atoms in total. The van der Waals surface area contributed by atoms with Gasteiger partial charge in [0.25, 0.3) is 0 Å². The van der Waals surface area contributed by atoms with Crippen molar-refractivity contribution in [1.29, 1.82) is 0 Å². The summed E-state index contributed by atoms with van der Waals surface area (Å²) in [6.45, 7) is 0.0905. The average molecular weight is 296 g/mol. The molecule has 0 saturated carbocycles. The van der Waals surface area contributed by atoms with E-state index < -0.39 is 5.82 Å². The molecule has 0 saturated heterocycles. The highest BCUT2D eigenvalue weighted by atomic mass is 35.5. The SMILES string of the molecule is NC(=S)c1ccc(COc2ccccc2Cl)c(F)c1. The Labute approximate surface area is 120 Å². The highest BCUT2D eigenvalue weighted by Gasteiger charge is 2.07. The van der Waals surface area contributed by atoms with Crippen molar-refractivity contribution in [2.24, 2.45) is 5.73 Å². The number of benzene rings is 2. The summed E-state index contributed by atoms with van der Waals surface area (Å²) in [4.78, 5) is 0.164. The summed E-state index contributed by atoms with van der Waals surface area (Å²) >= 11 is 10.7. The lowest BCUT2D eigenvalue weighted by Gasteiger charge is -2.09. The molecule has 2 rings (SSSR count). The smallest absolute Gasteiger partial charge is 0.138 e. The van der Waals surface area contributed by atoms with Gasteiger partial charge in [0.15, 0.2) is 0 Å². The third kappa shape index (κ3) is 3.43. The third-order valence-corrected chi connectivity index (χ3v) is 3.11. The number of halogens is 2. The highest BCUT2D eigenvalue weighted by Crippen LogP contribution is 2.24. The van der Waals surface area contributed by atoms with Crippen LogP contribution in [-0.4, -0.2) is 4.99 Å². The Balaban J connectivity index is 2.12. The van der Waals surface area contributed by atoms with Gasteiger partial charge in [0, 0.05) is 11.1 Å². The first kappa shape index (κ1) is 13.8. The third-order valence-electron chi connectivity index (χ3n) is 2.56. The first-order valence-electron chi connectivity index (χ1n) is 5.53. The van der Waals surface area contributed by atoms with E-state index in [4.69, 9.17) is 34.3 Å². The van der Waals surface area contributed by atoms with Crippen molar-refractivity contribution in [3.05, 3.63) is 64.4 Å². The summed E-state index contributed by atoms with van der Waals surface area (Å²) < 4.78 is 19.3. The minimum Gasteiger partial charge on any atom is -0.487 e. The van der Waals surface area contributed by atoms with Gasteiger partial charge in [-0.05, 0) is 18.2 Å². The second-order valence-corrected chi connectivity index (χ2v) is 4.74. The molecule has 2 N–H and O–H groups in total. The monoisotopic (exact) mass is 295 g/mol. The van der Waals surface area contributed by atoms with Gasteiger partial charge in [-0.15, -0.1) is 0 Å². The standard InChI is InChI=1S/C14H11ClFNOS/c15-11-3-1-2-4-13(11)18-8-10-6-5-9(14(17)19)7-12(10)16/h1-7H,8H2,(H2,17,19). The minimum atomic E-state index is -0.405. The molecule has 0 aliphatic heterocycles. The first-order valence-corrected chi connectivity index (χ1v) is 6.32. The van der Waals surface area contributed by atoms with Crippen molar-refractivity contribution in [3.8, 4) is 5.75 Å². The van der Waals surface area contributed by atoms with Crippen LogP contribution in [0.25, 0.3) is 0 Å². The summed E-state index contributed by atoms with van der Waals surface area (Å²) in [5.41, 5.74) is 6.34. The molecule has 2 aromatic rings. The van der Waals surface area contributed by atoms with Crippen molar-refractivity contribution in [3.63, 3.8) is 0 Å². The second-order valence-electron chi connectivity index (χ2n) is 3.89. The normalized spacial score (nSPS) is 10.2. The largest absolute Gasteiger partial charge is 0.487 e.